The van der Waals surface area contributed by atoms with Crippen LogP contribution in [0.25, 0.3) is 0 Å². The average Bonchev–Trinajstić information content (AvgIpc) is 2.76. The van der Waals surface area contributed by atoms with Gasteiger partial charge in [0.15, 0.2) is 17.5 Å². The number of rotatable bonds is 5. The van der Waals surface area contributed by atoms with Gasteiger partial charge in [0.2, 0.25) is 10.0 Å². The van der Waals surface area contributed by atoms with Crippen LogP contribution in [0.1, 0.15) is 33.6 Å². The number of anilines is 1. The zero-order valence-electron chi connectivity index (χ0n) is 16.8. The van der Waals surface area contributed by atoms with E-state index >= 15 is 0 Å². The summed E-state index contributed by atoms with van der Waals surface area (Å²) in [5.41, 5.74) is -0.940. The number of carbonyl (C=O) groups is 2. The van der Waals surface area contributed by atoms with Gasteiger partial charge in [-0.3, -0.25) is 4.79 Å². The van der Waals surface area contributed by atoms with Gasteiger partial charge in [0.25, 0.3) is 5.91 Å². The van der Waals surface area contributed by atoms with E-state index in [-0.39, 0.29) is 37.1 Å². The van der Waals surface area contributed by atoms with Gasteiger partial charge in [-0.1, -0.05) is 0 Å². The molecule has 1 aliphatic heterocycles. The van der Waals surface area contributed by atoms with E-state index < -0.39 is 56.0 Å². The van der Waals surface area contributed by atoms with Crippen molar-refractivity contribution in [3.63, 3.8) is 0 Å². The summed E-state index contributed by atoms with van der Waals surface area (Å²) in [6, 6.07) is 4.29. The highest BCUT2D eigenvalue weighted by molar-refractivity contribution is 7.89. The minimum atomic E-state index is -4.25. The molecule has 0 bridgehead atoms. The molecule has 8 nitrogen and oxygen atoms in total. The van der Waals surface area contributed by atoms with Crippen LogP contribution < -0.4 is 5.32 Å². The van der Waals surface area contributed by atoms with E-state index in [1.807, 2.05) is 0 Å². The number of piperidine rings is 1. The van der Waals surface area contributed by atoms with E-state index in [2.05, 4.69) is 10.1 Å². The number of hydrogen-bond acceptors (Lipinski definition) is 6. The summed E-state index contributed by atoms with van der Waals surface area (Å²) in [4.78, 5) is 24.2. The Balaban J connectivity index is 1.98. The van der Waals surface area contributed by atoms with Gasteiger partial charge in [-0.25, -0.2) is 26.4 Å². The summed E-state index contributed by atoms with van der Waals surface area (Å²) in [5, 5.41) is 11.8. The van der Waals surface area contributed by atoms with Crippen molar-refractivity contribution in [1.29, 1.82) is 0 Å². The van der Waals surface area contributed by atoms with Crippen molar-refractivity contribution in [3.8, 4) is 0 Å². The molecule has 0 aromatic heterocycles. The number of carbonyl (C=O) groups excluding carboxylic acids is 2. The van der Waals surface area contributed by atoms with E-state index in [9.17, 15) is 36.3 Å². The molecule has 1 amide bonds. The Morgan fingerprint density at radius 2 is 1.69 bits per heavy atom. The zero-order chi connectivity index (χ0) is 23.6. The summed E-state index contributed by atoms with van der Waals surface area (Å²) >= 11 is 0. The first kappa shape index (κ1) is 23.7. The fourth-order valence-corrected chi connectivity index (χ4v) is 4.88. The molecular weight excluding hydrogens is 453 g/mol. The molecule has 2 aromatic rings. The minimum absolute atomic E-state index is 0.00860. The van der Waals surface area contributed by atoms with Gasteiger partial charge in [0, 0.05) is 36.5 Å². The van der Waals surface area contributed by atoms with Crippen LogP contribution in [0.15, 0.2) is 35.2 Å². The predicted octanol–water partition coefficient (Wildman–Crippen LogP) is 2.29. The number of nitrogens with one attached hydrogen (secondary N) is 1. The van der Waals surface area contributed by atoms with Crippen molar-refractivity contribution in [1.82, 2.24) is 4.31 Å². The smallest absolute Gasteiger partial charge is 0.339 e. The Labute approximate surface area is 181 Å². The number of methoxy groups -OCH3 is 1. The molecule has 1 heterocycles. The maximum atomic E-state index is 13.4. The number of benzene rings is 2. The van der Waals surface area contributed by atoms with E-state index in [0.29, 0.717) is 12.1 Å². The molecule has 3 rings (SSSR count). The highest BCUT2D eigenvalue weighted by atomic mass is 32.2. The van der Waals surface area contributed by atoms with Crippen LogP contribution in [0.4, 0.5) is 18.9 Å². The molecule has 12 heteroatoms. The fraction of sp³-hybridized carbons (Fsp3) is 0.300. The van der Waals surface area contributed by atoms with Crippen molar-refractivity contribution in [2.45, 2.75) is 23.8 Å². The molecule has 32 heavy (non-hydrogen) atoms. The molecule has 1 saturated heterocycles. The first-order chi connectivity index (χ1) is 15.0. The third kappa shape index (κ3) is 4.76. The Hall–Kier alpha value is -2.96. The Morgan fingerprint density at radius 3 is 2.25 bits per heavy atom. The quantitative estimate of drug-likeness (QED) is 0.510. The second kappa shape index (κ2) is 9.27. The van der Waals surface area contributed by atoms with Crippen molar-refractivity contribution in [2.75, 3.05) is 25.5 Å². The van der Waals surface area contributed by atoms with Gasteiger partial charge < -0.3 is 15.2 Å². The van der Waals surface area contributed by atoms with Crippen LogP contribution in [0, 0.1) is 17.5 Å². The molecule has 2 aromatic carbocycles. The molecule has 1 aliphatic rings. The maximum Gasteiger partial charge on any atom is 0.339 e. The first-order valence-corrected chi connectivity index (χ1v) is 10.8. The minimum Gasteiger partial charge on any atom is -0.465 e. The molecule has 2 N–H and O–H groups in total. The summed E-state index contributed by atoms with van der Waals surface area (Å²) < 4.78 is 72.0. The summed E-state index contributed by atoms with van der Waals surface area (Å²) in [7, 11) is -3.18. The highest BCUT2D eigenvalue weighted by Crippen LogP contribution is 2.26. The van der Waals surface area contributed by atoms with Crippen LogP contribution >= 0.6 is 0 Å². The third-order valence-corrected chi connectivity index (χ3v) is 6.87. The number of esters is 1. The SMILES string of the molecule is COC(=O)c1ccc(C(=O)Nc2cc(F)c(F)c(F)c2)cc1S(=O)(=O)N1CCC(O)CC1. The maximum absolute atomic E-state index is 13.4. The average molecular weight is 472 g/mol. The second-order valence-corrected chi connectivity index (χ2v) is 8.95. The lowest BCUT2D eigenvalue weighted by molar-refractivity contribution is 0.0595. The Bertz CT molecular complexity index is 1140. The number of halogens is 3. The Kier molecular flexibility index (Phi) is 6.86. The van der Waals surface area contributed by atoms with E-state index in [4.69, 9.17) is 0 Å². The van der Waals surface area contributed by atoms with Crippen LogP contribution in [-0.2, 0) is 14.8 Å². The summed E-state index contributed by atoms with van der Waals surface area (Å²) in [5.74, 6) is -6.63. The number of aliphatic hydroxyl groups excluding tert-OH is 1. The number of amides is 1. The lowest BCUT2D eigenvalue weighted by Crippen LogP contribution is -2.40. The second-order valence-electron chi connectivity index (χ2n) is 7.05. The number of nitrogens with zero attached hydrogens (tertiary/aromatic N) is 1. The van der Waals surface area contributed by atoms with Gasteiger partial charge in [-0.05, 0) is 31.0 Å². The van der Waals surface area contributed by atoms with Crippen molar-refractivity contribution in [2.24, 2.45) is 0 Å². The normalized spacial score (nSPS) is 15.4. The molecule has 0 aliphatic carbocycles. The number of hydrogen-bond donors (Lipinski definition) is 2. The number of aliphatic hydroxyl groups is 1. The van der Waals surface area contributed by atoms with Crippen molar-refractivity contribution < 1.29 is 41.0 Å². The van der Waals surface area contributed by atoms with E-state index in [1.54, 1.807) is 0 Å². The molecule has 0 atom stereocenters. The highest BCUT2D eigenvalue weighted by Gasteiger charge is 2.33. The molecule has 0 unspecified atom stereocenters. The van der Waals surface area contributed by atoms with Crippen molar-refractivity contribution in [3.05, 3.63) is 58.9 Å². The number of ether oxygens (including phenoxy) is 1. The van der Waals surface area contributed by atoms with E-state index in [1.165, 1.54) is 0 Å². The van der Waals surface area contributed by atoms with Gasteiger partial charge in [-0.2, -0.15) is 4.31 Å². The lowest BCUT2D eigenvalue weighted by Gasteiger charge is -2.29. The molecule has 0 spiro atoms. The predicted molar refractivity (Wildman–Crippen MR) is 106 cm³/mol. The standard InChI is InChI=1S/C20H19F3N2O6S/c1-31-20(28)14-3-2-11(19(27)24-12-9-15(21)18(23)16(22)10-12)8-17(14)32(29,30)25-6-4-13(26)5-7-25/h2-3,8-10,13,26H,4-7H2,1H3,(H,24,27). The zero-order valence-corrected chi connectivity index (χ0v) is 17.6. The largest absolute Gasteiger partial charge is 0.465 e. The summed E-state index contributed by atoms with van der Waals surface area (Å²) in [6.07, 6.45) is -0.237. The van der Waals surface area contributed by atoms with Gasteiger partial charge in [0.1, 0.15) is 0 Å². The van der Waals surface area contributed by atoms with Crippen LogP contribution in [0.5, 0.6) is 0 Å². The van der Waals surface area contributed by atoms with Gasteiger partial charge in [-0.15, -0.1) is 0 Å². The lowest BCUT2D eigenvalue weighted by atomic mass is 10.1. The molecule has 0 radical (unpaired) electrons. The molecule has 1 fully saturated rings. The topological polar surface area (TPSA) is 113 Å². The van der Waals surface area contributed by atoms with Crippen molar-refractivity contribution >= 4 is 27.6 Å². The van der Waals surface area contributed by atoms with Crippen LogP contribution in [0.3, 0.4) is 0 Å². The first-order valence-electron chi connectivity index (χ1n) is 9.41. The third-order valence-electron chi connectivity index (χ3n) is 4.93. The van der Waals surface area contributed by atoms with Gasteiger partial charge in [0.05, 0.1) is 23.7 Å². The fourth-order valence-electron chi connectivity index (χ4n) is 3.21. The molecule has 172 valence electrons. The van der Waals surface area contributed by atoms with Gasteiger partial charge >= 0.3 is 5.97 Å². The molecule has 0 saturated carbocycles. The van der Waals surface area contributed by atoms with E-state index in [0.717, 1.165) is 29.6 Å². The molecular formula is C20H19F3N2O6S. The summed E-state index contributed by atoms with van der Waals surface area (Å²) in [6.45, 7) is 0.0172. The monoisotopic (exact) mass is 472 g/mol. The number of sulfonamides is 1. The van der Waals surface area contributed by atoms with Crippen LogP contribution in [-0.4, -0.2) is 56.0 Å². The Morgan fingerprint density at radius 1 is 1.09 bits per heavy atom. The van der Waals surface area contributed by atoms with Crippen LogP contribution in [0.2, 0.25) is 0 Å².